The lowest BCUT2D eigenvalue weighted by molar-refractivity contribution is 0.460. The number of benzene rings is 1. The number of nitrogens with zero attached hydrogens (tertiary/aromatic N) is 1. The van der Waals surface area contributed by atoms with Gasteiger partial charge in [-0.05, 0) is 30.4 Å². The highest BCUT2D eigenvalue weighted by Crippen LogP contribution is 2.30. The number of rotatable bonds is 5. The van der Waals surface area contributed by atoms with Crippen LogP contribution in [-0.4, -0.2) is 26.3 Å². The predicted octanol–water partition coefficient (Wildman–Crippen LogP) is 2.33. The molecule has 1 aromatic rings. The number of sulfonamides is 1. The van der Waals surface area contributed by atoms with E-state index in [0.717, 1.165) is 18.4 Å². The Morgan fingerprint density at radius 3 is 2.53 bits per heavy atom. The first-order valence-corrected chi connectivity index (χ1v) is 7.28. The molecule has 0 amide bonds. The third-order valence-corrected chi connectivity index (χ3v) is 4.38. The van der Waals surface area contributed by atoms with Gasteiger partial charge in [-0.2, -0.15) is 0 Å². The molecule has 0 saturated heterocycles. The zero-order valence-electron chi connectivity index (χ0n) is 9.91. The van der Waals surface area contributed by atoms with Gasteiger partial charge < -0.3 is 0 Å². The summed E-state index contributed by atoms with van der Waals surface area (Å²) in [6, 6.07) is 9.45. The van der Waals surface area contributed by atoms with Crippen LogP contribution in [0.25, 0.3) is 6.08 Å². The van der Waals surface area contributed by atoms with E-state index in [9.17, 15) is 8.42 Å². The van der Waals surface area contributed by atoms with Crippen molar-refractivity contribution < 1.29 is 8.42 Å². The molecule has 1 saturated carbocycles. The summed E-state index contributed by atoms with van der Waals surface area (Å²) in [5, 5.41) is 1.28. The van der Waals surface area contributed by atoms with Gasteiger partial charge in [0, 0.05) is 19.0 Å². The van der Waals surface area contributed by atoms with Gasteiger partial charge in [0.1, 0.15) is 0 Å². The summed E-state index contributed by atoms with van der Waals surface area (Å²) < 4.78 is 25.2. The van der Waals surface area contributed by atoms with Crippen LogP contribution in [-0.2, 0) is 10.0 Å². The molecule has 0 bridgehead atoms. The second-order valence-corrected chi connectivity index (χ2v) is 6.41. The van der Waals surface area contributed by atoms with Crippen LogP contribution in [0.15, 0.2) is 35.7 Å². The highest BCUT2D eigenvalue weighted by molar-refractivity contribution is 7.92. The van der Waals surface area contributed by atoms with Crippen molar-refractivity contribution in [1.29, 1.82) is 0 Å². The average molecular weight is 251 g/mol. The summed E-state index contributed by atoms with van der Waals surface area (Å²) in [5.74, 6) is 0.569. The monoisotopic (exact) mass is 251 g/mol. The van der Waals surface area contributed by atoms with E-state index in [1.165, 1.54) is 9.71 Å². The Morgan fingerprint density at radius 1 is 1.29 bits per heavy atom. The lowest BCUT2D eigenvalue weighted by atomic mass is 10.2. The minimum absolute atomic E-state index is 0.569. The van der Waals surface area contributed by atoms with E-state index in [1.807, 2.05) is 30.3 Å². The van der Waals surface area contributed by atoms with Crippen molar-refractivity contribution in [1.82, 2.24) is 4.31 Å². The van der Waals surface area contributed by atoms with Crippen LogP contribution in [0.5, 0.6) is 0 Å². The van der Waals surface area contributed by atoms with Gasteiger partial charge in [0.15, 0.2) is 0 Å². The van der Waals surface area contributed by atoms with Crippen LogP contribution in [0, 0.1) is 5.92 Å². The summed E-state index contributed by atoms with van der Waals surface area (Å²) in [7, 11) is -1.62. The normalized spacial score (nSPS) is 16.8. The Kier molecular flexibility index (Phi) is 3.64. The molecule has 0 unspecified atom stereocenters. The minimum atomic E-state index is -3.26. The predicted molar refractivity (Wildman–Crippen MR) is 69.7 cm³/mol. The Labute approximate surface area is 103 Å². The second kappa shape index (κ2) is 5.02. The van der Waals surface area contributed by atoms with Gasteiger partial charge in [0.25, 0.3) is 0 Å². The molecule has 0 heterocycles. The third-order valence-electron chi connectivity index (χ3n) is 2.88. The molecule has 1 aliphatic carbocycles. The molecule has 0 spiro atoms. The van der Waals surface area contributed by atoms with Gasteiger partial charge in [0.05, 0.1) is 0 Å². The summed E-state index contributed by atoms with van der Waals surface area (Å²) >= 11 is 0. The first-order chi connectivity index (χ1) is 8.08. The molecule has 2 rings (SSSR count). The van der Waals surface area contributed by atoms with E-state index in [2.05, 4.69) is 0 Å². The van der Waals surface area contributed by atoms with Crippen LogP contribution in [0.4, 0.5) is 0 Å². The van der Waals surface area contributed by atoms with Crippen molar-refractivity contribution in [2.45, 2.75) is 12.8 Å². The SMILES string of the molecule is CN(CC1CC1)S(=O)(=O)C=Cc1ccccc1. The molecule has 1 aliphatic rings. The Bertz CT molecular complexity index is 489. The quantitative estimate of drug-likeness (QED) is 0.805. The maximum Gasteiger partial charge on any atom is 0.235 e. The van der Waals surface area contributed by atoms with Crippen LogP contribution in [0.2, 0.25) is 0 Å². The lowest BCUT2D eigenvalue weighted by Gasteiger charge is -2.13. The standard InChI is InChI=1S/C13H17NO2S/c1-14(11-13-7-8-13)17(15,16)10-9-12-5-3-2-4-6-12/h2-6,9-10,13H,7-8,11H2,1H3. The van der Waals surface area contributed by atoms with Crippen LogP contribution < -0.4 is 0 Å². The third kappa shape index (κ3) is 3.68. The molecule has 0 radical (unpaired) electrons. The van der Waals surface area contributed by atoms with Crippen LogP contribution in [0.3, 0.4) is 0 Å². The maximum absolute atomic E-state index is 11.9. The molecule has 1 aromatic carbocycles. The van der Waals surface area contributed by atoms with E-state index >= 15 is 0 Å². The van der Waals surface area contributed by atoms with E-state index in [0.29, 0.717) is 12.5 Å². The molecule has 3 nitrogen and oxygen atoms in total. The van der Waals surface area contributed by atoms with E-state index < -0.39 is 10.0 Å². The Hall–Kier alpha value is -1.13. The average Bonchev–Trinajstić information content (AvgIpc) is 3.12. The molecule has 17 heavy (non-hydrogen) atoms. The van der Waals surface area contributed by atoms with Crippen LogP contribution >= 0.6 is 0 Å². The smallest absolute Gasteiger partial charge is 0.208 e. The molecule has 4 heteroatoms. The summed E-state index contributed by atoms with van der Waals surface area (Å²) in [4.78, 5) is 0. The van der Waals surface area contributed by atoms with Gasteiger partial charge >= 0.3 is 0 Å². The molecule has 92 valence electrons. The lowest BCUT2D eigenvalue weighted by Crippen LogP contribution is -2.26. The topological polar surface area (TPSA) is 37.4 Å². The molecular formula is C13H17NO2S. The van der Waals surface area contributed by atoms with Gasteiger partial charge in [-0.15, -0.1) is 0 Å². The number of hydrogen-bond donors (Lipinski definition) is 0. The minimum Gasteiger partial charge on any atom is -0.208 e. The summed E-state index contributed by atoms with van der Waals surface area (Å²) in [6.45, 7) is 0.640. The Morgan fingerprint density at radius 2 is 1.94 bits per heavy atom. The fourth-order valence-corrected chi connectivity index (χ4v) is 2.56. The van der Waals surface area contributed by atoms with Crippen molar-refractivity contribution in [3.8, 4) is 0 Å². The zero-order valence-corrected chi connectivity index (χ0v) is 10.7. The van der Waals surface area contributed by atoms with Gasteiger partial charge in [-0.25, -0.2) is 12.7 Å². The Balaban J connectivity index is 2.03. The van der Waals surface area contributed by atoms with E-state index in [-0.39, 0.29) is 0 Å². The largest absolute Gasteiger partial charge is 0.235 e. The fraction of sp³-hybridized carbons (Fsp3) is 0.385. The van der Waals surface area contributed by atoms with Crippen molar-refractivity contribution in [3.63, 3.8) is 0 Å². The van der Waals surface area contributed by atoms with Crippen molar-refractivity contribution in [3.05, 3.63) is 41.3 Å². The van der Waals surface area contributed by atoms with Crippen molar-refractivity contribution >= 4 is 16.1 Å². The summed E-state index contributed by atoms with van der Waals surface area (Å²) in [6.07, 6.45) is 3.95. The van der Waals surface area contributed by atoms with Gasteiger partial charge in [-0.3, -0.25) is 0 Å². The van der Waals surface area contributed by atoms with Crippen molar-refractivity contribution in [2.24, 2.45) is 5.92 Å². The van der Waals surface area contributed by atoms with Crippen LogP contribution in [0.1, 0.15) is 18.4 Å². The van der Waals surface area contributed by atoms with Gasteiger partial charge in [-0.1, -0.05) is 30.3 Å². The van der Waals surface area contributed by atoms with Crippen molar-refractivity contribution in [2.75, 3.05) is 13.6 Å². The molecule has 0 atom stereocenters. The first kappa shape index (κ1) is 12.3. The molecule has 0 N–H and O–H groups in total. The number of hydrogen-bond acceptors (Lipinski definition) is 2. The van der Waals surface area contributed by atoms with Gasteiger partial charge in [0.2, 0.25) is 10.0 Å². The second-order valence-electron chi connectivity index (χ2n) is 4.48. The molecule has 0 aliphatic heterocycles. The molecule has 1 fully saturated rings. The highest BCUT2D eigenvalue weighted by atomic mass is 32.2. The first-order valence-electron chi connectivity index (χ1n) is 5.77. The fourth-order valence-electron chi connectivity index (χ4n) is 1.60. The van der Waals surface area contributed by atoms with E-state index in [1.54, 1.807) is 13.1 Å². The summed E-state index contributed by atoms with van der Waals surface area (Å²) in [5.41, 5.74) is 0.899. The molecule has 0 aromatic heterocycles. The highest BCUT2D eigenvalue weighted by Gasteiger charge is 2.26. The maximum atomic E-state index is 11.9. The van der Waals surface area contributed by atoms with E-state index in [4.69, 9.17) is 0 Å². The zero-order chi connectivity index (χ0) is 12.3. The molecular weight excluding hydrogens is 234 g/mol.